The third-order valence-electron chi connectivity index (χ3n) is 2.19. The Morgan fingerprint density at radius 1 is 1.56 bits per heavy atom. The van der Waals surface area contributed by atoms with Crippen LogP contribution >= 0.6 is 23.4 Å². The van der Waals surface area contributed by atoms with E-state index in [-0.39, 0.29) is 16.6 Å². The van der Waals surface area contributed by atoms with Crippen molar-refractivity contribution in [2.45, 2.75) is 12.8 Å². The second kappa shape index (κ2) is 7.23. The van der Waals surface area contributed by atoms with Crippen LogP contribution in [0.1, 0.15) is 12.8 Å². The minimum absolute atomic E-state index is 0.0969. The minimum atomic E-state index is -0.532. The van der Waals surface area contributed by atoms with E-state index < -0.39 is 4.92 Å². The first-order valence-corrected chi connectivity index (χ1v) is 7.04. The Bertz CT molecular complexity index is 454. The van der Waals surface area contributed by atoms with Crippen LogP contribution in [0.25, 0.3) is 0 Å². The number of halogens is 1. The molecule has 0 aromatic heterocycles. The lowest BCUT2D eigenvalue weighted by molar-refractivity contribution is -0.384. The number of anilines is 1. The summed E-state index contributed by atoms with van der Waals surface area (Å²) in [4.78, 5) is 21.5. The van der Waals surface area contributed by atoms with Gasteiger partial charge in [0, 0.05) is 18.6 Å². The van der Waals surface area contributed by atoms with Gasteiger partial charge in [-0.25, -0.2) is 0 Å². The number of carbonyl (C=O) groups excluding carboxylic acids is 1. The summed E-state index contributed by atoms with van der Waals surface area (Å²) in [7, 11) is 0. The number of amides is 1. The van der Waals surface area contributed by atoms with Gasteiger partial charge in [0.1, 0.15) is 0 Å². The minimum Gasteiger partial charge on any atom is -0.325 e. The Balaban J connectivity index is 2.62. The number of carbonyl (C=O) groups is 1. The van der Waals surface area contributed by atoms with Gasteiger partial charge in [-0.1, -0.05) is 11.6 Å². The Kier molecular flexibility index (Phi) is 5.94. The molecule has 1 N–H and O–H groups in total. The molecule has 0 spiro atoms. The third kappa shape index (κ3) is 4.54. The van der Waals surface area contributed by atoms with E-state index in [1.807, 2.05) is 6.26 Å². The Labute approximate surface area is 114 Å². The van der Waals surface area contributed by atoms with Crippen LogP contribution in [0.15, 0.2) is 18.2 Å². The highest BCUT2D eigenvalue weighted by molar-refractivity contribution is 7.98. The fourth-order valence-corrected chi connectivity index (χ4v) is 1.96. The molecule has 0 aliphatic carbocycles. The van der Waals surface area contributed by atoms with Gasteiger partial charge in [0.2, 0.25) is 5.91 Å². The number of thioether (sulfide) groups is 1. The number of nitrogens with zero attached hydrogens (tertiary/aromatic N) is 1. The molecule has 1 aromatic rings. The number of hydrogen-bond acceptors (Lipinski definition) is 4. The fourth-order valence-electron chi connectivity index (χ4n) is 1.31. The zero-order valence-electron chi connectivity index (χ0n) is 9.81. The topological polar surface area (TPSA) is 72.2 Å². The highest BCUT2D eigenvalue weighted by Gasteiger charge is 2.11. The van der Waals surface area contributed by atoms with Gasteiger partial charge in [-0.15, -0.1) is 0 Å². The standard InChI is InChI=1S/C11H13ClN2O3S/c1-18-6-2-3-11(15)13-10-5-4-8(14(16)17)7-9(10)12/h4-5,7H,2-3,6H2,1H3,(H,13,15). The number of nitro groups is 1. The van der Waals surface area contributed by atoms with E-state index in [4.69, 9.17) is 11.6 Å². The van der Waals surface area contributed by atoms with Gasteiger partial charge >= 0.3 is 0 Å². The third-order valence-corrected chi connectivity index (χ3v) is 3.20. The first kappa shape index (κ1) is 14.8. The van der Waals surface area contributed by atoms with E-state index >= 15 is 0 Å². The highest BCUT2D eigenvalue weighted by atomic mass is 35.5. The molecular weight excluding hydrogens is 276 g/mol. The molecule has 0 saturated heterocycles. The molecule has 0 fully saturated rings. The summed E-state index contributed by atoms with van der Waals surface area (Å²) in [5, 5.41) is 13.3. The molecule has 5 nitrogen and oxygen atoms in total. The van der Waals surface area contributed by atoms with E-state index in [0.717, 1.165) is 12.2 Å². The fraction of sp³-hybridized carbons (Fsp3) is 0.364. The molecule has 0 aliphatic heterocycles. The van der Waals surface area contributed by atoms with Gasteiger partial charge in [0.15, 0.2) is 0 Å². The lowest BCUT2D eigenvalue weighted by atomic mass is 10.2. The number of nitrogens with one attached hydrogen (secondary N) is 1. The van der Waals surface area contributed by atoms with Crippen LogP contribution < -0.4 is 5.32 Å². The zero-order valence-corrected chi connectivity index (χ0v) is 11.4. The van der Waals surface area contributed by atoms with Crippen molar-refractivity contribution in [1.29, 1.82) is 0 Å². The maximum absolute atomic E-state index is 11.5. The van der Waals surface area contributed by atoms with Crippen molar-refractivity contribution in [3.63, 3.8) is 0 Å². The first-order valence-electron chi connectivity index (χ1n) is 5.27. The molecule has 1 rings (SSSR count). The van der Waals surface area contributed by atoms with E-state index in [2.05, 4.69) is 5.32 Å². The molecule has 0 atom stereocenters. The predicted octanol–water partition coefficient (Wildman–Crippen LogP) is 3.33. The molecule has 1 aromatic carbocycles. The molecule has 1 amide bonds. The molecule has 0 saturated carbocycles. The molecule has 0 unspecified atom stereocenters. The van der Waals surface area contributed by atoms with Gasteiger partial charge in [0.05, 0.1) is 15.6 Å². The van der Waals surface area contributed by atoms with E-state index in [1.165, 1.54) is 18.2 Å². The number of rotatable bonds is 6. The van der Waals surface area contributed by atoms with Crippen LogP contribution in [-0.4, -0.2) is 22.8 Å². The van der Waals surface area contributed by atoms with Crippen LogP contribution in [0.3, 0.4) is 0 Å². The molecule has 0 bridgehead atoms. The van der Waals surface area contributed by atoms with Gasteiger partial charge < -0.3 is 5.32 Å². The summed E-state index contributed by atoms with van der Waals surface area (Å²) in [5.74, 6) is 0.779. The predicted molar refractivity (Wildman–Crippen MR) is 74.4 cm³/mol. The highest BCUT2D eigenvalue weighted by Crippen LogP contribution is 2.26. The average Bonchev–Trinajstić information content (AvgIpc) is 2.32. The van der Waals surface area contributed by atoms with Gasteiger partial charge in [-0.3, -0.25) is 14.9 Å². The summed E-state index contributed by atoms with van der Waals surface area (Å²) in [6.07, 6.45) is 3.18. The van der Waals surface area contributed by atoms with Crippen LogP contribution in [0.4, 0.5) is 11.4 Å². The summed E-state index contributed by atoms with van der Waals surface area (Å²) in [6.45, 7) is 0. The van der Waals surface area contributed by atoms with Crippen molar-refractivity contribution in [3.05, 3.63) is 33.3 Å². The smallest absolute Gasteiger partial charge is 0.271 e. The lowest BCUT2D eigenvalue weighted by Crippen LogP contribution is -2.11. The van der Waals surface area contributed by atoms with Crippen molar-refractivity contribution in [1.82, 2.24) is 0 Å². The van der Waals surface area contributed by atoms with Crippen molar-refractivity contribution in [3.8, 4) is 0 Å². The largest absolute Gasteiger partial charge is 0.325 e. The molecular formula is C11H13ClN2O3S. The summed E-state index contributed by atoms with van der Waals surface area (Å²) < 4.78 is 0. The van der Waals surface area contributed by atoms with E-state index in [1.54, 1.807) is 11.8 Å². The number of non-ortho nitro benzene ring substituents is 1. The zero-order chi connectivity index (χ0) is 13.5. The van der Waals surface area contributed by atoms with Crippen molar-refractivity contribution < 1.29 is 9.72 Å². The second-order valence-electron chi connectivity index (χ2n) is 3.57. The average molecular weight is 289 g/mol. The number of hydrogen-bond donors (Lipinski definition) is 1. The molecule has 18 heavy (non-hydrogen) atoms. The van der Waals surface area contributed by atoms with Crippen molar-refractivity contribution in [2.75, 3.05) is 17.3 Å². The Morgan fingerprint density at radius 3 is 2.83 bits per heavy atom. The van der Waals surface area contributed by atoms with Crippen molar-refractivity contribution >= 4 is 40.6 Å². The van der Waals surface area contributed by atoms with Gasteiger partial charge in [-0.05, 0) is 24.5 Å². The SMILES string of the molecule is CSCCCC(=O)Nc1ccc([N+](=O)[O-])cc1Cl. The van der Waals surface area contributed by atoms with Crippen LogP contribution in [0, 0.1) is 10.1 Å². The lowest BCUT2D eigenvalue weighted by Gasteiger charge is -2.06. The number of nitro benzene ring substituents is 1. The van der Waals surface area contributed by atoms with E-state index in [9.17, 15) is 14.9 Å². The Hall–Kier alpha value is -1.27. The normalized spacial score (nSPS) is 10.1. The maximum atomic E-state index is 11.5. The monoisotopic (exact) mass is 288 g/mol. The molecule has 0 radical (unpaired) electrons. The van der Waals surface area contributed by atoms with Gasteiger partial charge in [-0.2, -0.15) is 11.8 Å². The second-order valence-corrected chi connectivity index (χ2v) is 4.96. The number of benzene rings is 1. The maximum Gasteiger partial charge on any atom is 0.271 e. The van der Waals surface area contributed by atoms with Crippen LogP contribution in [0.5, 0.6) is 0 Å². The molecule has 0 aliphatic rings. The molecule has 98 valence electrons. The Morgan fingerprint density at radius 2 is 2.28 bits per heavy atom. The first-order chi connectivity index (χ1) is 8.54. The van der Waals surface area contributed by atoms with Crippen LogP contribution in [-0.2, 0) is 4.79 Å². The van der Waals surface area contributed by atoms with E-state index in [0.29, 0.717) is 12.1 Å². The summed E-state index contributed by atoms with van der Waals surface area (Å²) >= 11 is 7.53. The molecule has 7 heteroatoms. The van der Waals surface area contributed by atoms with Crippen LogP contribution in [0.2, 0.25) is 5.02 Å². The summed E-state index contributed by atoms with van der Waals surface area (Å²) in [6, 6.07) is 3.97. The van der Waals surface area contributed by atoms with Gasteiger partial charge in [0.25, 0.3) is 5.69 Å². The quantitative estimate of drug-likeness (QED) is 0.495. The van der Waals surface area contributed by atoms with Crippen molar-refractivity contribution in [2.24, 2.45) is 0 Å². The molecule has 0 heterocycles. The summed E-state index contributed by atoms with van der Waals surface area (Å²) in [5.41, 5.74) is 0.303.